The summed E-state index contributed by atoms with van der Waals surface area (Å²) in [5.41, 5.74) is 1.24. The van der Waals surface area contributed by atoms with E-state index >= 15 is 0 Å². The maximum Gasteiger partial charge on any atom is 0.220 e. The second-order valence-electron chi connectivity index (χ2n) is 6.08. The van der Waals surface area contributed by atoms with Crippen molar-refractivity contribution in [2.45, 2.75) is 26.3 Å². The molecule has 0 atom stereocenters. The van der Waals surface area contributed by atoms with Crippen molar-refractivity contribution >= 4 is 15.9 Å². The van der Waals surface area contributed by atoms with Gasteiger partial charge in [-0.3, -0.25) is 9.69 Å². The van der Waals surface area contributed by atoms with Crippen LogP contribution in [-0.2, 0) is 21.4 Å². The topological polar surface area (TPSA) is 69.7 Å². The lowest BCUT2D eigenvalue weighted by Gasteiger charge is -2.34. The van der Waals surface area contributed by atoms with E-state index in [1.807, 2.05) is 25.1 Å². The van der Waals surface area contributed by atoms with Gasteiger partial charge in [-0.1, -0.05) is 37.3 Å². The Kier molecular flexibility index (Phi) is 7.20. The molecule has 1 fully saturated rings. The maximum atomic E-state index is 12.3. The van der Waals surface area contributed by atoms with Gasteiger partial charge < -0.3 is 5.32 Å². The fourth-order valence-corrected chi connectivity index (χ4v) is 4.11. The highest BCUT2D eigenvalue weighted by Gasteiger charge is 2.26. The molecule has 1 aliphatic heterocycles. The van der Waals surface area contributed by atoms with Crippen LogP contribution in [0.25, 0.3) is 0 Å². The number of hydrogen-bond donors (Lipinski definition) is 1. The van der Waals surface area contributed by atoms with Crippen molar-refractivity contribution in [1.82, 2.24) is 14.5 Å². The van der Waals surface area contributed by atoms with Gasteiger partial charge in [-0.2, -0.15) is 4.31 Å². The Morgan fingerprint density at radius 3 is 2.42 bits per heavy atom. The second-order valence-corrected chi connectivity index (χ2v) is 8.17. The number of carbonyl (C=O) groups is 1. The van der Waals surface area contributed by atoms with Crippen LogP contribution in [0.3, 0.4) is 0 Å². The molecule has 0 bridgehead atoms. The molecule has 0 spiro atoms. The normalized spacial score (nSPS) is 16.9. The summed E-state index contributed by atoms with van der Waals surface area (Å²) in [4.78, 5) is 13.7. The van der Waals surface area contributed by atoms with Gasteiger partial charge in [0.1, 0.15) is 0 Å². The zero-order valence-electron chi connectivity index (χ0n) is 14.3. The monoisotopic (exact) mass is 353 g/mol. The Hall–Kier alpha value is -1.44. The van der Waals surface area contributed by atoms with Crippen molar-refractivity contribution in [1.29, 1.82) is 0 Å². The molecule has 0 unspecified atom stereocenters. The highest BCUT2D eigenvalue weighted by Crippen LogP contribution is 2.11. The quantitative estimate of drug-likeness (QED) is 0.758. The van der Waals surface area contributed by atoms with Crippen LogP contribution in [-0.4, -0.2) is 62.0 Å². The van der Waals surface area contributed by atoms with Crippen molar-refractivity contribution in [3.63, 3.8) is 0 Å². The highest BCUT2D eigenvalue weighted by atomic mass is 32.2. The first-order valence-electron chi connectivity index (χ1n) is 8.52. The molecule has 6 nitrogen and oxygen atoms in total. The first-order chi connectivity index (χ1) is 11.5. The van der Waals surface area contributed by atoms with Crippen LogP contribution in [0.1, 0.15) is 25.3 Å². The molecule has 1 aromatic carbocycles. The molecule has 134 valence electrons. The predicted octanol–water partition coefficient (Wildman–Crippen LogP) is 1.05. The minimum Gasteiger partial charge on any atom is -0.355 e. The van der Waals surface area contributed by atoms with E-state index in [9.17, 15) is 13.2 Å². The summed E-state index contributed by atoms with van der Waals surface area (Å²) in [5, 5.41) is 2.67. The summed E-state index contributed by atoms with van der Waals surface area (Å²) in [6, 6.07) is 10.2. The van der Waals surface area contributed by atoms with Crippen LogP contribution in [0.2, 0.25) is 0 Å². The largest absolute Gasteiger partial charge is 0.355 e. The SMILES string of the molecule is CCCC(=O)NCCS(=O)(=O)N1CCN(Cc2ccccc2)CC1. The lowest BCUT2D eigenvalue weighted by atomic mass is 10.2. The summed E-state index contributed by atoms with van der Waals surface area (Å²) in [5.74, 6) is -0.110. The van der Waals surface area contributed by atoms with Crippen molar-refractivity contribution in [3.8, 4) is 0 Å². The Morgan fingerprint density at radius 2 is 1.79 bits per heavy atom. The average Bonchev–Trinajstić information content (AvgIpc) is 2.56. The first kappa shape index (κ1) is 18.9. The predicted molar refractivity (Wildman–Crippen MR) is 95.0 cm³/mol. The Bertz CT molecular complexity index is 611. The molecule has 1 saturated heterocycles. The van der Waals surface area contributed by atoms with E-state index in [1.165, 1.54) is 5.56 Å². The number of sulfonamides is 1. The first-order valence-corrected chi connectivity index (χ1v) is 10.1. The number of benzene rings is 1. The zero-order chi connectivity index (χ0) is 17.4. The van der Waals surface area contributed by atoms with Crippen LogP contribution in [0.5, 0.6) is 0 Å². The van der Waals surface area contributed by atoms with E-state index in [2.05, 4.69) is 22.3 Å². The molecular weight excluding hydrogens is 326 g/mol. The third-order valence-corrected chi connectivity index (χ3v) is 6.00. The molecule has 0 aliphatic carbocycles. The van der Waals surface area contributed by atoms with E-state index in [0.717, 1.165) is 26.1 Å². The highest BCUT2D eigenvalue weighted by molar-refractivity contribution is 7.89. The van der Waals surface area contributed by atoms with Gasteiger partial charge in [-0.05, 0) is 12.0 Å². The summed E-state index contributed by atoms with van der Waals surface area (Å²) in [6.45, 7) is 5.45. The molecular formula is C17H27N3O3S. The number of amides is 1. The molecule has 7 heteroatoms. The van der Waals surface area contributed by atoms with E-state index in [0.29, 0.717) is 19.5 Å². The van der Waals surface area contributed by atoms with Crippen molar-refractivity contribution in [2.75, 3.05) is 38.5 Å². The van der Waals surface area contributed by atoms with Gasteiger partial charge in [-0.15, -0.1) is 0 Å². The van der Waals surface area contributed by atoms with Gasteiger partial charge >= 0.3 is 0 Å². The molecule has 2 rings (SSSR count). The summed E-state index contributed by atoms with van der Waals surface area (Å²) in [6.07, 6.45) is 1.21. The Balaban J connectivity index is 1.75. The smallest absolute Gasteiger partial charge is 0.220 e. The maximum absolute atomic E-state index is 12.3. The number of hydrogen-bond acceptors (Lipinski definition) is 4. The van der Waals surface area contributed by atoms with Crippen LogP contribution < -0.4 is 5.32 Å². The molecule has 1 N–H and O–H groups in total. The van der Waals surface area contributed by atoms with Gasteiger partial charge in [0.15, 0.2) is 0 Å². The molecule has 0 aromatic heterocycles. The summed E-state index contributed by atoms with van der Waals surface area (Å²) in [7, 11) is -3.30. The van der Waals surface area contributed by atoms with Gasteiger partial charge in [0.25, 0.3) is 0 Å². The third kappa shape index (κ3) is 5.89. The number of piperazine rings is 1. The van der Waals surface area contributed by atoms with Crippen LogP contribution in [0.4, 0.5) is 0 Å². The Morgan fingerprint density at radius 1 is 1.12 bits per heavy atom. The molecule has 1 amide bonds. The summed E-state index contributed by atoms with van der Waals surface area (Å²) < 4.78 is 26.2. The summed E-state index contributed by atoms with van der Waals surface area (Å²) >= 11 is 0. The van der Waals surface area contributed by atoms with Gasteiger partial charge in [0, 0.05) is 45.7 Å². The van der Waals surface area contributed by atoms with E-state index in [4.69, 9.17) is 0 Å². The molecule has 24 heavy (non-hydrogen) atoms. The fraction of sp³-hybridized carbons (Fsp3) is 0.588. The number of nitrogens with zero attached hydrogens (tertiary/aromatic N) is 2. The molecule has 1 aliphatic rings. The Labute approximate surface area is 144 Å². The van der Waals surface area contributed by atoms with E-state index in [-0.39, 0.29) is 18.2 Å². The molecule has 1 aromatic rings. The molecule has 0 saturated carbocycles. The van der Waals surface area contributed by atoms with Gasteiger partial charge in [0.2, 0.25) is 15.9 Å². The average molecular weight is 353 g/mol. The standard InChI is InChI=1S/C17H27N3O3S/c1-2-6-17(21)18-9-14-24(22,23)20-12-10-19(11-13-20)15-16-7-4-3-5-8-16/h3-5,7-8H,2,6,9-15H2,1H3,(H,18,21). The van der Waals surface area contributed by atoms with Crippen LogP contribution in [0, 0.1) is 0 Å². The molecule has 1 heterocycles. The van der Waals surface area contributed by atoms with Gasteiger partial charge in [-0.25, -0.2) is 8.42 Å². The van der Waals surface area contributed by atoms with Gasteiger partial charge in [0.05, 0.1) is 5.75 Å². The van der Waals surface area contributed by atoms with E-state index < -0.39 is 10.0 Å². The van der Waals surface area contributed by atoms with Crippen molar-refractivity contribution < 1.29 is 13.2 Å². The lowest BCUT2D eigenvalue weighted by Crippen LogP contribution is -2.49. The lowest BCUT2D eigenvalue weighted by molar-refractivity contribution is -0.120. The number of rotatable bonds is 8. The minimum absolute atomic E-state index is 0.0266. The number of carbonyl (C=O) groups excluding carboxylic acids is 1. The second kappa shape index (κ2) is 9.15. The molecule has 0 radical (unpaired) electrons. The fourth-order valence-electron chi connectivity index (χ4n) is 2.77. The van der Waals surface area contributed by atoms with Crippen LogP contribution >= 0.6 is 0 Å². The third-order valence-electron chi connectivity index (χ3n) is 4.13. The van der Waals surface area contributed by atoms with Crippen LogP contribution in [0.15, 0.2) is 30.3 Å². The van der Waals surface area contributed by atoms with Crippen molar-refractivity contribution in [2.24, 2.45) is 0 Å². The van der Waals surface area contributed by atoms with Crippen molar-refractivity contribution in [3.05, 3.63) is 35.9 Å². The number of nitrogens with one attached hydrogen (secondary N) is 1. The zero-order valence-corrected chi connectivity index (χ0v) is 15.1. The minimum atomic E-state index is -3.30. The van der Waals surface area contributed by atoms with E-state index in [1.54, 1.807) is 4.31 Å².